The molecule has 1 aromatic carbocycles. The third-order valence-corrected chi connectivity index (χ3v) is 5.91. The third-order valence-electron chi connectivity index (χ3n) is 4.50. The minimum atomic E-state index is -1.72. The smallest absolute Gasteiger partial charge is 0.284 e. The van der Waals surface area contributed by atoms with Crippen molar-refractivity contribution >= 4 is 51.2 Å². The fourth-order valence-corrected chi connectivity index (χ4v) is 4.74. The Morgan fingerprint density at radius 1 is 1.50 bits per heavy atom. The highest BCUT2D eigenvalue weighted by atomic mass is 35.5. The molecule has 2 aliphatic heterocycles. The van der Waals surface area contributed by atoms with Gasteiger partial charge in [0.2, 0.25) is 0 Å². The summed E-state index contributed by atoms with van der Waals surface area (Å²) in [7, 11) is 0. The van der Waals surface area contributed by atoms with Crippen molar-refractivity contribution in [1.82, 2.24) is 5.32 Å². The van der Waals surface area contributed by atoms with Gasteiger partial charge in [0, 0.05) is 29.7 Å². The molecule has 1 amide bonds. The Balaban J connectivity index is 1.84. The molecule has 2 aliphatic rings. The van der Waals surface area contributed by atoms with Gasteiger partial charge in [0.05, 0.1) is 34.9 Å². The number of benzene rings is 1. The van der Waals surface area contributed by atoms with E-state index in [1.165, 1.54) is 11.3 Å². The fourth-order valence-electron chi connectivity index (χ4n) is 3.25. The predicted molar refractivity (Wildman–Crippen MR) is 109 cm³/mol. The number of carbonyl (C=O) groups excluding carboxylic acids is 1. The molecule has 0 saturated carbocycles. The van der Waals surface area contributed by atoms with Crippen molar-refractivity contribution in [3.63, 3.8) is 0 Å². The Labute approximate surface area is 175 Å². The summed E-state index contributed by atoms with van der Waals surface area (Å²) in [5, 5.41) is 17.8. The van der Waals surface area contributed by atoms with Gasteiger partial charge >= 0.3 is 0 Å². The van der Waals surface area contributed by atoms with Crippen molar-refractivity contribution in [2.24, 2.45) is 10.7 Å². The van der Waals surface area contributed by atoms with Crippen LogP contribution in [0.4, 0.5) is 5.00 Å². The maximum atomic E-state index is 12.7. The van der Waals surface area contributed by atoms with Gasteiger partial charge in [-0.25, -0.2) is 4.99 Å². The number of aliphatic imine (C=N–C) groups is 1. The summed E-state index contributed by atoms with van der Waals surface area (Å²) in [5.41, 5.74) is 9.15. The Morgan fingerprint density at radius 3 is 3.11 bits per heavy atom. The summed E-state index contributed by atoms with van der Waals surface area (Å²) in [4.78, 5) is 17.2. The highest BCUT2D eigenvalue weighted by Gasteiger charge is 2.40. The van der Waals surface area contributed by atoms with E-state index in [0.717, 1.165) is 11.1 Å². The fraction of sp³-hybridized carbons (Fsp3) is 0.278. The zero-order chi connectivity index (χ0) is 19.9. The van der Waals surface area contributed by atoms with E-state index in [-0.39, 0.29) is 13.0 Å². The molecular formula is C18H15Cl2N5O2S. The van der Waals surface area contributed by atoms with E-state index in [1.54, 1.807) is 6.07 Å². The standard InChI is InChI=1S/C18H15Cl2N5O2S/c19-11-8-12(20)15-9(2-6-27-15)13(11)14-10-3-7-28-16(10)25-18(22,24-14)17(26)23-5-1-4-21/h3,7-8,25H,1-2,5-6,22H2,(H,23,26). The van der Waals surface area contributed by atoms with E-state index in [4.69, 9.17) is 38.9 Å². The number of thiophene rings is 1. The molecule has 0 saturated heterocycles. The van der Waals surface area contributed by atoms with Crippen molar-refractivity contribution in [2.75, 3.05) is 18.5 Å². The number of anilines is 1. The first kappa shape index (κ1) is 19.0. The molecule has 0 fully saturated rings. The third kappa shape index (κ3) is 3.10. The second kappa shape index (κ2) is 7.26. The van der Waals surface area contributed by atoms with Gasteiger partial charge in [-0.1, -0.05) is 23.2 Å². The molecule has 3 heterocycles. The normalized spacial score (nSPS) is 19.6. The Bertz CT molecular complexity index is 1050. The summed E-state index contributed by atoms with van der Waals surface area (Å²) in [6.45, 7) is 0.676. The van der Waals surface area contributed by atoms with Crippen LogP contribution in [-0.2, 0) is 11.2 Å². The number of nitrogens with one attached hydrogen (secondary N) is 2. The van der Waals surface area contributed by atoms with Crippen LogP contribution in [0.15, 0.2) is 22.5 Å². The number of rotatable bonds is 4. The minimum absolute atomic E-state index is 0.177. The zero-order valence-corrected chi connectivity index (χ0v) is 16.8. The lowest BCUT2D eigenvalue weighted by molar-refractivity contribution is -0.125. The van der Waals surface area contributed by atoms with Crippen LogP contribution in [0.3, 0.4) is 0 Å². The number of hydrogen-bond acceptors (Lipinski definition) is 7. The summed E-state index contributed by atoms with van der Waals surface area (Å²) >= 11 is 14.2. The van der Waals surface area contributed by atoms with E-state index in [1.807, 2.05) is 17.5 Å². The number of nitrogens with zero attached hydrogens (tertiary/aromatic N) is 2. The van der Waals surface area contributed by atoms with Crippen LogP contribution in [0.2, 0.25) is 10.0 Å². The average Bonchev–Trinajstić information content (AvgIpc) is 3.31. The highest BCUT2D eigenvalue weighted by molar-refractivity contribution is 7.14. The van der Waals surface area contributed by atoms with E-state index >= 15 is 0 Å². The number of nitrogens with two attached hydrogens (primary N) is 1. The topological polar surface area (TPSA) is 113 Å². The lowest BCUT2D eigenvalue weighted by atomic mass is 9.95. The largest absolute Gasteiger partial charge is 0.491 e. The number of hydrogen-bond donors (Lipinski definition) is 3. The van der Waals surface area contributed by atoms with Crippen molar-refractivity contribution in [1.29, 1.82) is 5.26 Å². The molecule has 10 heteroatoms. The second-order valence-electron chi connectivity index (χ2n) is 6.30. The lowest BCUT2D eigenvalue weighted by Gasteiger charge is -2.31. The first-order chi connectivity index (χ1) is 13.4. The molecule has 1 atom stereocenters. The molecule has 1 aromatic heterocycles. The Morgan fingerprint density at radius 2 is 2.32 bits per heavy atom. The van der Waals surface area contributed by atoms with Gasteiger partial charge < -0.3 is 15.4 Å². The average molecular weight is 436 g/mol. The molecule has 28 heavy (non-hydrogen) atoms. The Hall–Kier alpha value is -2.31. The van der Waals surface area contributed by atoms with E-state index in [0.29, 0.717) is 45.1 Å². The van der Waals surface area contributed by atoms with Gasteiger partial charge in [-0.2, -0.15) is 5.26 Å². The minimum Gasteiger partial charge on any atom is -0.491 e. The molecule has 0 aliphatic carbocycles. The maximum absolute atomic E-state index is 12.7. The molecule has 1 unspecified atom stereocenters. The maximum Gasteiger partial charge on any atom is 0.284 e. The molecule has 144 valence electrons. The van der Waals surface area contributed by atoms with Gasteiger partial charge in [0.15, 0.2) is 0 Å². The molecule has 7 nitrogen and oxygen atoms in total. The van der Waals surface area contributed by atoms with Gasteiger partial charge in [-0.05, 0) is 17.5 Å². The monoisotopic (exact) mass is 435 g/mol. The summed E-state index contributed by atoms with van der Waals surface area (Å²) in [6.07, 6.45) is 0.805. The number of amides is 1. The van der Waals surface area contributed by atoms with E-state index < -0.39 is 11.7 Å². The summed E-state index contributed by atoms with van der Waals surface area (Å²) in [5.74, 6) is -1.67. The van der Waals surface area contributed by atoms with Crippen molar-refractivity contribution < 1.29 is 9.53 Å². The number of carbonyl (C=O) groups is 1. The van der Waals surface area contributed by atoms with Crippen molar-refractivity contribution in [3.05, 3.63) is 44.2 Å². The predicted octanol–water partition coefficient (Wildman–Crippen LogP) is 2.90. The molecule has 4 rings (SSSR count). The first-order valence-electron chi connectivity index (χ1n) is 8.48. The number of fused-ring (bicyclic) bond motifs is 2. The lowest BCUT2D eigenvalue weighted by Crippen LogP contribution is -2.60. The zero-order valence-electron chi connectivity index (χ0n) is 14.5. The van der Waals surface area contributed by atoms with E-state index in [2.05, 4.69) is 15.6 Å². The highest BCUT2D eigenvalue weighted by Crippen LogP contribution is 2.43. The van der Waals surface area contributed by atoms with Crippen LogP contribution in [0.5, 0.6) is 5.75 Å². The first-order valence-corrected chi connectivity index (χ1v) is 10.1. The van der Waals surface area contributed by atoms with Gasteiger partial charge in [-0.15, -0.1) is 11.3 Å². The SMILES string of the molecule is N#CCCNC(=O)C1(N)N=C(c2c(Cl)cc(Cl)c3c2CCO3)c2ccsc2N1. The quantitative estimate of drug-likeness (QED) is 0.638. The molecule has 2 aromatic rings. The van der Waals surface area contributed by atoms with Crippen LogP contribution < -0.4 is 21.1 Å². The van der Waals surface area contributed by atoms with Crippen molar-refractivity contribution in [2.45, 2.75) is 18.6 Å². The second-order valence-corrected chi connectivity index (χ2v) is 8.03. The number of ether oxygens (including phenoxy) is 1. The molecular weight excluding hydrogens is 421 g/mol. The van der Waals surface area contributed by atoms with Gasteiger partial charge in [-0.3, -0.25) is 10.5 Å². The molecule has 0 bridgehead atoms. The molecule has 0 spiro atoms. The number of nitriles is 1. The molecule has 4 N–H and O–H groups in total. The summed E-state index contributed by atoms with van der Waals surface area (Å²) in [6, 6.07) is 5.48. The van der Waals surface area contributed by atoms with Crippen LogP contribution in [0.25, 0.3) is 0 Å². The van der Waals surface area contributed by atoms with Crippen LogP contribution in [-0.4, -0.2) is 30.6 Å². The van der Waals surface area contributed by atoms with E-state index in [9.17, 15) is 4.79 Å². The van der Waals surface area contributed by atoms with Gasteiger partial charge in [0.25, 0.3) is 11.7 Å². The van der Waals surface area contributed by atoms with Crippen molar-refractivity contribution in [3.8, 4) is 11.8 Å². The van der Waals surface area contributed by atoms with Crippen LogP contribution in [0.1, 0.15) is 23.1 Å². The molecule has 0 radical (unpaired) electrons. The van der Waals surface area contributed by atoms with Crippen LogP contribution >= 0.6 is 34.5 Å². The van der Waals surface area contributed by atoms with Crippen LogP contribution in [0, 0.1) is 11.3 Å². The summed E-state index contributed by atoms with van der Waals surface area (Å²) < 4.78 is 5.65. The van der Waals surface area contributed by atoms with Gasteiger partial charge in [0.1, 0.15) is 10.8 Å². The Kier molecular flexibility index (Phi) is 4.93. The number of halogens is 2.